The van der Waals surface area contributed by atoms with E-state index in [1.807, 2.05) is 17.0 Å². The van der Waals surface area contributed by atoms with E-state index < -0.39 is 11.9 Å². The van der Waals surface area contributed by atoms with Crippen LogP contribution in [0, 0.1) is 0 Å². The van der Waals surface area contributed by atoms with Crippen LogP contribution in [0.1, 0.15) is 41.7 Å². The first-order valence-electron chi connectivity index (χ1n) is 11.3. The normalized spacial score (nSPS) is 18.7. The monoisotopic (exact) mass is 501 g/mol. The van der Waals surface area contributed by atoms with Gasteiger partial charge in [0.05, 0.1) is 22.8 Å². The van der Waals surface area contributed by atoms with Gasteiger partial charge in [-0.25, -0.2) is 4.98 Å². The second-order valence-electron chi connectivity index (χ2n) is 8.92. The van der Waals surface area contributed by atoms with E-state index in [4.69, 9.17) is 11.6 Å². The first kappa shape index (κ1) is 23.4. The van der Waals surface area contributed by atoms with Gasteiger partial charge in [0.25, 0.3) is 5.91 Å². The number of aromatic nitrogens is 3. The lowest BCUT2D eigenvalue weighted by Crippen LogP contribution is -2.43. The lowest BCUT2D eigenvalue weighted by Gasteiger charge is -2.37. The number of rotatable bonds is 4. The number of carbonyl (C=O) groups is 1. The highest BCUT2D eigenvalue weighted by molar-refractivity contribution is 6.31. The lowest BCUT2D eigenvalue weighted by atomic mass is 9.89. The van der Waals surface area contributed by atoms with Gasteiger partial charge in [-0.05, 0) is 56.0 Å². The number of anilines is 1. The van der Waals surface area contributed by atoms with Crippen molar-refractivity contribution in [1.82, 2.24) is 20.5 Å². The van der Waals surface area contributed by atoms with Crippen LogP contribution in [-0.4, -0.2) is 40.2 Å². The first-order valence-corrected chi connectivity index (χ1v) is 11.7. The van der Waals surface area contributed by atoms with Gasteiger partial charge in [-0.1, -0.05) is 23.7 Å². The molecule has 1 fully saturated rings. The van der Waals surface area contributed by atoms with Crippen molar-refractivity contribution < 1.29 is 18.0 Å². The summed E-state index contributed by atoms with van der Waals surface area (Å²) in [6, 6.07) is 11.3. The molecule has 1 aliphatic rings. The molecule has 0 bridgehead atoms. The van der Waals surface area contributed by atoms with Crippen molar-refractivity contribution in [3.63, 3.8) is 0 Å². The number of benzene rings is 2. The summed E-state index contributed by atoms with van der Waals surface area (Å²) in [5, 5.41) is 11.9. The van der Waals surface area contributed by atoms with E-state index in [9.17, 15) is 18.0 Å². The standard InChI is InChI=1S/C25H23ClF3N5O/c1-34(21-12-22(25(27,28)29)32-20-10-5-15(26)11-19(20)21)17-8-6-16(7-9-17)31-24(35)18-4-2-3-14-13-30-33-23(14)18/h2-5,10-13,16-17H,6-9H2,1H3,(H,30,33)(H,31,35). The van der Waals surface area contributed by atoms with E-state index in [0.717, 1.165) is 37.1 Å². The number of H-pyrrole nitrogens is 1. The number of carbonyl (C=O) groups excluding carboxylic acids is 1. The zero-order valence-corrected chi connectivity index (χ0v) is 19.6. The van der Waals surface area contributed by atoms with Crippen molar-refractivity contribution in [3.05, 3.63) is 64.9 Å². The largest absolute Gasteiger partial charge is 0.433 e. The Morgan fingerprint density at radius 1 is 1.14 bits per heavy atom. The molecule has 0 saturated heterocycles. The van der Waals surface area contributed by atoms with Crippen LogP contribution in [0.5, 0.6) is 0 Å². The predicted molar refractivity (Wildman–Crippen MR) is 130 cm³/mol. The minimum absolute atomic E-state index is 0.0142. The van der Waals surface area contributed by atoms with E-state index in [2.05, 4.69) is 20.5 Å². The summed E-state index contributed by atoms with van der Waals surface area (Å²) in [6.07, 6.45) is 0.00425. The Bertz CT molecular complexity index is 1400. The number of aromatic amines is 1. The number of pyridine rings is 1. The number of hydrogen-bond acceptors (Lipinski definition) is 4. The zero-order valence-electron chi connectivity index (χ0n) is 18.9. The van der Waals surface area contributed by atoms with E-state index in [1.54, 1.807) is 31.4 Å². The van der Waals surface area contributed by atoms with Crippen LogP contribution in [0.25, 0.3) is 21.8 Å². The van der Waals surface area contributed by atoms with Crippen LogP contribution in [0.4, 0.5) is 18.9 Å². The van der Waals surface area contributed by atoms with Gasteiger partial charge < -0.3 is 10.2 Å². The molecule has 0 spiro atoms. The zero-order chi connectivity index (χ0) is 24.7. The quantitative estimate of drug-likeness (QED) is 0.362. The number of nitrogens with zero attached hydrogens (tertiary/aromatic N) is 3. The van der Waals surface area contributed by atoms with Gasteiger partial charge in [-0.2, -0.15) is 18.3 Å². The maximum Gasteiger partial charge on any atom is 0.433 e. The minimum atomic E-state index is -4.55. The van der Waals surface area contributed by atoms with Crippen LogP contribution in [0.3, 0.4) is 0 Å². The Balaban J connectivity index is 1.32. The van der Waals surface area contributed by atoms with Gasteiger partial charge in [0.15, 0.2) is 0 Å². The molecule has 2 N–H and O–H groups in total. The lowest BCUT2D eigenvalue weighted by molar-refractivity contribution is -0.140. The summed E-state index contributed by atoms with van der Waals surface area (Å²) in [4.78, 5) is 18.6. The molecular formula is C25H23ClF3N5O. The molecule has 0 atom stereocenters. The number of alkyl halides is 3. The highest BCUT2D eigenvalue weighted by atomic mass is 35.5. The molecule has 35 heavy (non-hydrogen) atoms. The van der Waals surface area contributed by atoms with Crippen LogP contribution >= 0.6 is 11.6 Å². The molecule has 0 aliphatic heterocycles. The fourth-order valence-electron chi connectivity index (χ4n) is 4.84. The summed E-state index contributed by atoms with van der Waals surface area (Å²) in [5.41, 5.74) is 1.01. The third kappa shape index (κ3) is 4.65. The van der Waals surface area contributed by atoms with E-state index in [0.29, 0.717) is 27.2 Å². The van der Waals surface area contributed by atoms with E-state index >= 15 is 0 Å². The van der Waals surface area contributed by atoms with Crippen molar-refractivity contribution in [3.8, 4) is 0 Å². The minimum Gasteiger partial charge on any atom is -0.371 e. The fourth-order valence-corrected chi connectivity index (χ4v) is 5.01. The molecule has 2 aromatic heterocycles. The average Bonchev–Trinajstić information content (AvgIpc) is 3.32. The number of nitrogens with one attached hydrogen (secondary N) is 2. The molecule has 6 nitrogen and oxygen atoms in total. The molecule has 5 rings (SSSR count). The molecule has 10 heteroatoms. The number of amides is 1. The van der Waals surface area contributed by atoms with Gasteiger partial charge in [0.1, 0.15) is 5.69 Å². The maximum atomic E-state index is 13.5. The fraction of sp³-hybridized carbons (Fsp3) is 0.320. The van der Waals surface area contributed by atoms with Crippen molar-refractivity contribution in [2.24, 2.45) is 0 Å². The summed E-state index contributed by atoms with van der Waals surface area (Å²) in [7, 11) is 1.80. The second-order valence-corrected chi connectivity index (χ2v) is 9.35. The van der Waals surface area contributed by atoms with Crippen molar-refractivity contribution in [2.75, 3.05) is 11.9 Å². The second kappa shape index (κ2) is 9.03. The molecule has 2 aromatic carbocycles. The summed E-state index contributed by atoms with van der Waals surface area (Å²) >= 11 is 6.14. The molecular weight excluding hydrogens is 479 g/mol. The molecule has 2 heterocycles. The summed E-state index contributed by atoms with van der Waals surface area (Å²) in [5.74, 6) is -0.166. The molecule has 182 valence electrons. The van der Waals surface area contributed by atoms with Gasteiger partial charge in [0.2, 0.25) is 0 Å². The Labute approximate surface area is 204 Å². The number of fused-ring (bicyclic) bond motifs is 2. The van der Waals surface area contributed by atoms with Gasteiger partial charge in [-0.15, -0.1) is 0 Å². The molecule has 4 aromatic rings. The van der Waals surface area contributed by atoms with Crippen LogP contribution in [-0.2, 0) is 6.18 Å². The van der Waals surface area contributed by atoms with Crippen LogP contribution in [0.2, 0.25) is 5.02 Å². The predicted octanol–water partition coefficient (Wildman–Crippen LogP) is 5.96. The van der Waals surface area contributed by atoms with Crippen molar-refractivity contribution in [2.45, 2.75) is 43.9 Å². The molecule has 0 radical (unpaired) electrons. The average molecular weight is 502 g/mol. The van der Waals surface area contributed by atoms with E-state index in [-0.39, 0.29) is 23.5 Å². The molecule has 1 amide bonds. The smallest absolute Gasteiger partial charge is 0.371 e. The van der Waals surface area contributed by atoms with Crippen LogP contribution < -0.4 is 10.2 Å². The Morgan fingerprint density at radius 3 is 2.66 bits per heavy atom. The molecule has 1 saturated carbocycles. The van der Waals surface area contributed by atoms with Gasteiger partial charge in [-0.3, -0.25) is 9.89 Å². The SMILES string of the molecule is CN(c1cc(C(F)(F)F)nc2ccc(Cl)cc12)C1CCC(NC(=O)c2cccc3cn[nH]c23)CC1. The molecule has 1 aliphatic carbocycles. The number of halogens is 4. The molecule has 0 unspecified atom stereocenters. The topological polar surface area (TPSA) is 73.9 Å². The summed E-state index contributed by atoms with van der Waals surface area (Å²) in [6.45, 7) is 0. The number of hydrogen-bond donors (Lipinski definition) is 2. The Morgan fingerprint density at radius 2 is 1.91 bits per heavy atom. The Hall–Kier alpha value is -3.33. The van der Waals surface area contributed by atoms with Crippen LogP contribution in [0.15, 0.2) is 48.7 Å². The highest BCUT2D eigenvalue weighted by Crippen LogP contribution is 2.37. The summed E-state index contributed by atoms with van der Waals surface area (Å²) < 4.78 is 40.6. The number of para-hydroxylation sites is 1. The van der Waals surface area contributed by atoms with Crippen molar-refractivity contribution in [1.29, 1.82) is 0 Å². The van der Waals surface area contributed by atoms with Gasteiger partial charge in [0, 0.05) is 40.6 Å². The van der Waals surface area contributed by atoms with Crippen molar-refractivity contribution >= 4 is 45.0 Å². The maximum absolute atomic E-state index is 13.5. The third-order valence-corrected chi connectivity index (χ3v) is 6.96. The van der Waals surface area contributed by atoms with E-state index in [1.165, 1.54) is 6.07 Å². The Kier molecular flexibility index (Phi) is 6.04. The third-order valence-electron chi connectivity index (χ3n) is 6.72. The highest BCUT2D eigenvalue weighted by Gasteiger charge is 2.35. The first-order chi connectivity index (χ1) is 16.7. The van der Waals surface area contributed by atoms with Gasteiger partial charge >= 0.3 is 6.18 Å².